The zero-order valence-corrected chi connectivity index (χ0v) is 13.2. The fraction of sp³-hybridized carbons (Fsp3) is 0.167. The van der Waals surface area contributed by atoms with Crippen LogP contribution in [0.25, 0.3) is 0 Å². The monoisotopic (exact) mass is 359 g/mol. The van der Waals surface area contributed by atoms with Gasteiger partial charge in [0.1, 0.15) is 9.88 Å². The van der Waals surface area contributed by atoms with Crippen LogP contribution in [-0.2, 0) is 4.74 Å². The number of rotatable bonds is 4. The first-order chi connectivity index (χ1) is 9.13. The molecule has 7 heteroatoms. The number of halogens is 1. The molecule has 0 unspecified atom stereocenters. The Balaban J connectivity index is 2.16. The zero-order chi connectivity index (χ0) is 13.8. The molecule has 0 aliphatic heterocycles. The van der Waals surface area contributed by atoms with Gasteiger partial charge in [-0.05, 0) is 45.7 Å². The number of anilines is 1. The van der Waals surface area contributed by atoms with Crippen molar-refractivity contribution >= 4 is 55.5 Å². The first-order valence-corrected chi connectivity index (χ1v) is 7.97. The van der Waals surface area contributed by atoms with Gasteiger partial charge in [-0.3, -0.25) is 4.79 Å². The van der Waals surface area contributed by atoms with Crippen molar-refractivity contribution in [1.82, 2.24) is 0 Å². The number of hydrogen-bond donors (Lipinski definition) is 1. The van der Waals surface area contributed by atoms with E-state index in [9.17, 15) is 9.59 Å². The number of nitrogens with one attached hydrogen (secondary N) is 1. The number of esters is 1. The van der Waals surface area contributed by atoms with Crippen molar-refractivity contribution in [3.05, 3.63) is 37.8 Å². The summed E-state index contributed by atoms with van der Waals surface area (Å²) in [6.07, 6.45) is 0. The first-order valence-electron chi connectivity index (χ1n) is 5.42. The molecular weight excluding hydrogens is 350 g/mol. The summed E-state index contributed by atoms with van der Waals surface area (Å²) in [6.45, 7) is 2.05. The maximum Gasteiger partial charge on any atom is 0.341 e. The van der Waals surface area contributed by atoms with Gasteiger partial charge in [0.05, 0.1) is 12.2 Å². The number of carbonyl (C=O) groups excluding carboxylic acids is 2. The van der Waals surface area contributed by atoms with Crippen molar-refractivity contribution in [2.24, 2.45) is 0 Å². The van der Waals surface area contributed by atoms with Crippen molar-refractivity contribution in [1.29, 1.82) is 0 Å². The highest BCUT2D eigenvalue weighted by molar-refractivity contribution is 9.10. The van der Waals surface area contributed by atoms with Crippen molar-refractivity contribution in [2.45, 2.75) is 6.92 Å². The fourth-order valence-electron chi connectivity index (χ4n) is 1.39. The second-order valence-corrected chi connectivity index (χ2v) is 6.12. The maximum absolute atomic E-state index is 12.1. The zero-order valence-electron chi connectivity index (χ0n) is 9.94. The van der Waals surface area contributed by atoms with Crippen LogP contribution in [-0.4, -0.2) is 18.5 Å². The second kappa shape index (κ2) is 6.31. The molecule has 0 aliphatic carbocycles. The van der Waals surface area contributed by atoms with Gasteiger partial charge < -0.3 is 10.1 Å². The van der Waals surface area contributed by atoms with E-state index in [2.05, 4.69) is 21.2 Å². The molecule has 0 aliphatic rings. The largest absolute Gasteiger partial charge is 0.462 e. The lowest BCUT2D eigenvalue weighted by atomic mass is 10.3. The standard InChI is InChI=1S/C12H10BrNO3S2/c1-2-17-12(16)7-3-5-19-11(7)14-10(15)9-8(13)4-6-18-9/h3-6H,2H2,1H3,(H,14,15). The van der Waals surface area contributed by atoms with Crippen LogP contribution >= 0.6 is 38.6 Å². The van der Waals surface area contributed by atoms with Crippen LogP contribution in [0.3, 0.4) is 0 Å². The summed E-state index contributed by atoms with van der Waals surface area (Å²) in [6, 6.07) is 3.45. The topological polar surface area (TPSA) is 55.4 Å². The van der Waals surface area contributed by atoms with Crippen LogP contribution < -0.4 is 5.32 Å². The van der Waals surface area contributed by atoms with Gasteiger partial charge in [-0.2, -0.15) is 0 Å². The summed E-state index contributed by atoms with van der Waals surface area (Å²) in [5.74, 6) is -0.667. The number of hydrogen-bond acceptors (Lipinski definition) is 5. The minimum atomic E-state index is -0.427. The molecule has 0 radical (unpaired) electrons. The number of thiophene rings is 2. The summed E-state index contributed by atoms with van der Waals surface area (Å²) in [4.78, 5) is 24.3. The molecule has 0 aromatic carbocycles. The molecule has 1 N–H and O–H groups in total. The molecule has 0 fully saturated rings. The highest BCUT2D eigenvalue weighted by atomic mass is 79.9. The van der Waals surface area contributed by atoms with Crippen LogP contribution in [0.4, 0.5) is 5.00 Å². The predicted octanol–water partition coefficient (Wildman–Crippen LogP) is 4.00. The smallest absolute Gasteiger partial charge is 0.341 e. The van der Waals surface area contributed by atoms with E-state index in [0.717, 1.165) is 4.47 Å². The Hall–Kier alpha value is -1.18. The molecule has 1 amide bonds. The third kappa shape index (κ3) is 3.23. The average molecular weight is 360 g/mol. The summed E-state index contributed by atoms with van der Waals surface area (Å²) >= 11 is 5.93. The lowest BCUT2D eigenvalue weighted by Gasteiger charge is -2.05. The average Bonchev–Trinajstić information content (AvgIpc) is 2.98. The Morgan fingerprint density at radius 3 is 2.68 bits per heavy atom. The molecular formula is C12H10BrNO3S2. The molecule has 2 heterocycles. The highest BCUT2D eigenvalue weighted by Gasteiger charge is 2.18. The first kappa shape index (κ1) is 14.2. The van der Waals surface area contributed by atoms with Crippen LogP contribution in [0.15, 0.2) is 27.4 Å². The molecule has 2 aromatic rings. The van der Waals surface area contributed by atoms with E-state index in [1.807, 2.05) is 5.38 Å². The molecule has 2 rings (SSSR count). The fourth-order valence-corrected chi connectivity index (χ4v) is 3.61. The number of carbonyl (C=O) groups is 2. The molecule has 2 aromatic heterocycles. The predicted molar refractivity (Wildman–Crippen MR) is 80.2 cm³/mol. The van der Waals surface area contributed by atoms with Crippen LogP contribution in [0.5, 0.6) is 0 Å². The van der Waals surface area contributed by atoms with Crippen molar-refractivity contribution in [3.8, 4) is 0 Å². The maximum atomic E-state index is 12.1. The van der Waals surface area contributed by atoms with Gasteiger partial charge >= 0.3 is 5.97 Å². The molecule has 0 saturated heterocycles. The van der Waals surface area contributed by atoms with E-state index in [4.69, 9.17) is 4.74 Å². The second-order valence-electron chi connectivity index (χ2n) is 3.44. The Morgan fingerprint density at radius 2 is 2.05 bits per heavy atom. The summed E-state index contributed by atoms with van der Waals surface area (Å²) in [5.41, 5.74) is 0.382. The van der Waals surface area contributed by atoms with E-state index in [1.54, 1.807) is 24.4 Å². The lowest BCUT2D eigenvalue weighted by Crippen LogP contribution is -2.13. The third-order valence-corrected chi connectivity index (χ3v) is 4.88. The summed E-state index contributed by atoms with van der Waals surface area (Å²) in [5, 5.41) is 6.80. The minimum Gasteiger partial charge on any atom is -0.462 e. The normalized spacial score (nSPS) is 10.2. The summed E-state index contributed by atoms with van der Waals surface area (Å²) in [7, 11) is 0. The summed E-state index contributed by atoms with van der Waals surface area (Å²) < 4.78 is 5.67. The molecule has 0 atom stereocenters. The number of amides is 1. The van der Waals surface area contributed by atoms with Gasteiger partial charge in [-0.1, -0.05) is 0 Å². The van der Waals surface area contributed by atoms with Gasteiger partial charge in [0.25, 0.3) is 5.91 Å². The van der Waals surface area contributed by atoms with Gasteiger partial charge in [0.15, 0.2) is 0 Å². The molecule has 0 spiro atoms. The van der Waals surface area contributed by atoms with E-state index in [0.29, 0.717) is 22.0 Å². The minimum absolute atomic E-state index is 0.241. The van der Waals surface area contributed by atoms with Crippen LogP contribution in [0.1, 0.15) is 27.0 Å². The van der Waals surface area contributed by atoms with Gasteiger partial charge in [0.2, 0.25) is 0 Å². The van der Waals surface area contributed by atoms with Gasteiger partial charge in [-0.25, -0.2) is 4.79 Å². The Morgan fingerprint density at radius 1 is 1.32 bits per heavy atom. The van der Waals surface area contributed by atoms with Crippen molar-refractivity contribution in [2.75, 3.05) is 11.9 Å². The molecule has 19 heavy (non-hydrogen) atoms. The molecule has 4 nitrogen and oxygen atoms in total. The Labute approximate surface area is 126 Å². The van der Waals surface area contributed by atoms with Gasteiger partial charge in [0, 0.05) is 4.47 Å². The molecule has 0 bridgehead atoms. The van der Waals surface area contributed by atoms with E-state index in [-0.39, 0.29) is 5.91 Å². The van der Waals surface area contributed by atoms with E-state index in [1.165, 1.54) is 22.7 Å². The molecule has 100 valence electrons. The number of ether oxygens (including phenoxy) is 1. The van der Waals surface area contributed by atoms with E-state index < -0.39 is 5.97 Å². The van der Waals surface area contributed by atoms with Crippen LogP contribution in [0.2, 0.25) is 0 Å². The third-order valence-electron chi connectivity index (χ3n) is 2.21. The Kier molecular flexibility index (Phi) is 4.73. The quantitative estimate of drug-likeness (QED) is 0.839. The van der Waals surface area contributed by atoms with Gasteiger partial charge in [-0.15, -0.1) is 22.7 Å². The molecule has 0 saturated carbocycles. The van der Waals surface area contributed by atoms with Crippen LogP contribution in [0, 0.1) is 0 Å². The lowest BCUT2D eigenvalue weighted by molar-refractivity contribution is 0.0528. The van der Waals surface area contributed by atoms with Crippen molar-refractivity contribution < 1.29 is 14.3 Å². The van der Waals surface area contributed by atoms with Crippen molar-refractivity contribution in [3.63, 3.8) is 0 Å². The SMILES string of the molecule is CCOC(=O)c1ccsc1NC(=O)c1sccc1Br. The highest BCUT2D eigenvalue weighted by Crippen LogP contribution is 2.28. The Bertz CT molecular complexity index is 606. The van der Waals surface area contributed by atoms with E-state index >= 15 is 0 Å².